The molecule has 6 heteroatoms. The van der Waals surface area contributed by atoms with Crippen molar-refractivity contribution >= 4 is 22.6 Å². The molecule has 108 valence electrons. The third-order valence-electron chi connectivity index (χ3n) is 2.75. The van der Waals surface area contributed by atoms with Crippen LogP contribution in [-0.2, 0) is 9.53 Å². The average molecular weight is 276 g/mol. The Bertz CT molecular complexity index is 604. The molecular formula is C14H20N4O2. The van der Waals surface area contributed by atoms with E-state index in [1.54, 1.807) is 12.4 Å². The highest BCUT2D eigenvalue weighted by Gasteiger charge is 2.09. The monoisotopic (exact) mass is 276 g/mol. The maximum atomic E-state index is 11.7. The third-order valence-corrected chi connectivity index (χ3v) is 2.75. The van der Waals surface area contributed by atoms with Gasteiger partial charge in [-0.15, -0.1) is 0 Å². The Hall–Kier alpha value is -1.95. The number of hydrogen-bond donors (Lipinski definition) is 1. The van der Waals surface area contributed by atoms with Crippen LogP contribution in [0, 0.1) is 0 Å². The lowest BCUT2D eigenvalue weighted by molar-refractivity contribution is -0.121. The maximum absolute atomic E-state index is 11.7. The molecule has 2 aromatic heterocycles. The Morgan fingerprint density at radius 3 is 2.75 bits per heavy atom. The normalized spacial score (nSPS) is 11.5. The van der Waals surface area contributed by atoms with Crippen LogP contribution in [-0.4, -0.2) is 33.4 Å². The molecule has 0 saturated heterocycles. The SMILES string of the molecule is CC(C)OCC(=O)Nc1cnc2c(cnn2C(C)C)c1. The molecule has 0 aliphatic carbocycles. The fraction of sp³-hybridized carbons (Fsp3) is 0.500. The molecule has 0 radical (unpaired) electrons. The standard InChI is InChI=1S/C14H20N4O2/c1-9(2)18-14-11(6-16-18)5-12(7-15-14)17-13(19)8-20-10(3)4/h5-7,9-10H,8H2,1-4H3,(H,17,19). The van der Waals surface area contributed by atoms with Crippen molar-refractivity contribution in [3.05, 3.63) is 18.5 Å². The number of pyridine rings is 1. The summed E-state index contributed by atoms with van der Waals surface area (Å²) in [5.41, 5.74) is 1.47. The van der Waals surface area contributed by atoms with Gasteiger partial charge in [-0.2, -0.15) is 5.10 Å². The number of carbonyl (C=O) groups excluding carboxylic acids is 1. The maximum Gasteiger partial charge on any atom is 0.250 e. The molecule has 0 fully saturated rings. The lowest BCUT2D eigenvalue weighted by Gasteiger charge is -2.09. The van der Waals surface area contributed by atoms with Gasteiger partial charge < -0.3 is 10.1 Å². The molecule has 1 amide bonds. The largest absolute Gasteiger partial charge is 0.369 e. The van der Waals surface area contributed by atoms with Crippen molar-refractivity contribution in [1.29, 1.82) is 0 Å². The van der Waals surface area contributed by atoms with E-state index in [1.165, 1.54) is 0 Å². The number of aromatic nitrogens is 3. The lowest BCUT2D eigenvalue weighted by atomic mass is 10.3. The highest BCUT2D eigenvalue weighted by molar-refractivity contribution is 5.93. The van der Waals surface area contributed by atoms with E-state index in [-0.39, 0.29) is 24.7 Å². The fourth-order valence-electron chi connectivity index (χ4n) is 1.83. The summed E-state index contributed by atoms with van der Waals surface area (Å²) < 4.78 is 7.10. The summed E-state index contributed by atoms with van der Waals surface area (Å²) in [6, 6.07) is 2.11. The van der Waals surface area contributed by atoms with Crippen LogP contribution in [0.4, 0.5) is 5.69 Å². The van der Waals surface area contributed by atoms with E-state index in [0.717, 1.165) is 11.0 Å². The van der Waals surface area contributed by atoms with Crippen LogP contribution in [0.2, 0.25) is 0 Å². The minimum Gasteiger partial charge on any atom is -0.369 e. The zero-order valence-corrected chi connectivity index (χ0v) is 12.3. The molecule has 0 spiro atoms. The van der Waals surface area contributed by atoms with Crippen LogP contribution < -0.4 is 5.32 Å². The van der Waals surface area contributed by atoms with Crippen molar-refractivity contribution in [3.8, 4) is 0 Å². The van der Waals surface area contributed by atoms with Crippen molar-refractivity contribution in [3.63, 3.8) is 0 Å². The van der Waals surface area contributed by atoms with Crippen molar-refractivity contribution < 1.29 is 9.53 Å². The van der Waals surface area contributed by atoms with Gasteiger partial charge in [-0.3, -0.25) is 4.79 Å². The molecule has 0 bridgehead atoms. The summed E-state index contributed by atoms with van der Waals surface area (Å²) in [4.78, 5) is 16.0. The van der Waals surface area contributed by atoms with Crippen molar-refractivity contribution in [2.75, 3.05) is 11.9 Å². The number of hydrogen-bond acceptors (Lipinski definition) is 4. The predicted molar refractivity (Wildman–Crippen MR) is 77.6 cm³/mol. The van der Waals surface area contributed by atoms with Crippen molar-refractivity contribution in [2.24, 2.45) is 0 Å². The summed E-state index contributed by atoms with van der Waals surface area (Å²) >= 11 is 0. The molecule has 0 atom stereocenters. The minimum atomic E-state index is -0.184. The van der Waals surface area contributed by atoms with Gasteiger partial charge in [-0.25, -0.2) is 9.67 Å². The number of amides is 1. The quantitative estimate of drug-likeness (QED) is 0.910. The Labute approximate surface area is 118 Å². The van der Waals surface area contributed by atoms with Crippen LogP contribution in [0.1, 0.15) is 33.7 Å². The Morgan fingerprint density at radius 2 is 2.10 bits per heavy atom. The Kier molecular flexibility index (Phi) is 4.34. The number of nitrogens with one attached hydrogen (secondary N) is 1. The summed E-state index contributed by atoms with van der Waals surface area (Å²) in [7, 11) is 0. The van der Waals surface area contributed by atoms with Crippen LogP contribution >= 0.6 is 0 Å². The zero-order valence-electron chi connectivity index (χ0n) is 12.3. The second kappa shape index (κ2) is 6.00. The van der Waals surface area contributed by atoms with E-state index in [4.69, 9.17) is 4.74 Å². The predicted octanol–water partition coefficient (Wildman–Crippen LogP) is 2.38. The summed E-state index contributed by atoms with van der Waals surface area (Å²) in [6.07, 6.45) is 3.42. The van der Waals surface area contributed by atoms with E-state index in [0.29, 0.717) is 5.69 Å². The minimum absolute atomic E-state index is 0.0330. The molecule has 0 aliphatic rings. The first-order valence-corrected chi connectivity index (χ1v) is 6.72. The summed E-state index contributed by atoms with van der Waals surface area (Å²) in [6.45, 7) is 7.92. The first-order valence-electron chi connectivity index (χ1n) is 6.72. The number of anilines is 1. The number of nitrogens with zero attached hydrogens (tertiary/aromatic N) is 3. The van der Waals surface area contributed by atoms with Gasteiger partial charge >= 0.3 is 0 Å². The van der Waals surface area contributed by atoms with Gasteiger partial charge in [-0.1, -0.05) is 0 Å². The van der Waals surface area contributed by atoms with Gasteiger partial charge in [0.15, 0.2) is 5.65 Å². The first-order chi connectivity index (χ1) is 9.47. The smallest absolute Gasteiger partial charge is 0.250 e. The second-order valence-electron chi connectivity index (χ2n) is 5.23. The molecule has 6 nitrogen and oxygen atoms in total. The molecule has 20 heavy (non-hydrogen) atoms. The molecule has 1 N–H and O–H groups in total. The summed E-state index contributed by atoms with van der Waals surface area (Å²) in [5.74, 6) is -0.184. The number of fused-ring (bicyclic) bond motifs is 1. The van der Waals surface area contributed by atoms with Crippen molar-refractivity contribution in [1.82, 2.24) is 14.8 Å². The second-order valence-corrected chi connectivity index (χ2v) is 5.23. The van der Waals surface area contributed by atoms with Crippen molar-refractivity contribution in [2.45, 2.75) is 39.8 Å². The van der Waals surface area contributed by atoms with E-state index >= 15 is 0 Å². The van der Waals surface area contributed by atoms with Gasteiger partial charge in [0.1, 0.15) is 6.61 Å². The molecule has 2 aromatic rings. The third kappa shape index (κ3) is 3.33. The van der Waals surface area contributed by atoms with E-state index in [1.807, 2.05) is 38.4 Å². The van der Waals surface area contributed by atoms with Gasteiger partial charge in [0.2, 0.25) is 5.91 Å². The summed E-state index contributed by atoms with van der Waals surface area (Å²) in [5, 5.41) is 7.96. The van der Waals surface area contributed by atoms with Crippen LogP contribution in [0.25, 0.3) is 11.0 Å². The van der Waals surface area contributed by atoms with Crippen LogP contribution in [0.15, 0.2) is 18.5 Å². The first kappa shape index (κ1) is 14.5. The van der Waals surface area contributed by atoms with Gasteiger partial charge in [-0.05, 0) is 33.8 Å². The number of rotatable bonds is 5. The number of ether oxygens (including phenoxy) is 1. The molecule has 0 aliphatic heterocycles. The molecule has 2 rings (SSSR count). The Morgan fingerprint density at radius 1 is 1.35 bits per heavy atom. The van der Waals surface area contributed by atoms with E-state index < -0.39 is 0 Å². The molecule has 0 saturated carbocycles. The fourth-order valence-corrected chi connectivity index (χ4v) is 1.83. The van der Waals surface area contributed by atoms with Crippen LogP contribution in [0.3, 0.4) is 0 Å². The van der Waals surface area contributed by atoms with Gasteiger partial charge in [0.05, 0.1) is 24.2 Å². The van der Waals surface area contributed by atoms with Crippen LogP contribution in [0.5, 0.6) is 0 Å². The zero-order chi connectivity index (χ0) is 14.7. The average Bonchev–Trinajstić information content (AvgIpc) is 2.79. The highest BCUT2D eigenvalue weighted by Crippen LogP contribution is 2.18. The highest BCUT2D eigenvalue weighted by atomic mass is 16.5. The molecule has 2 heterocycles. The topological polar surface area (TPSA) is 69.0 Å². The van der Waals surface area contributed by atoms with E-state index in [2.05, 4.69) is 15.4 Å². The van der Waals surface area contributed by atoms with Gasteiger partial charge in [0, 0.05) is 11.4 Å². The number of carbonyl (C=O) groups is 1. The lowest BCUT2D eigenvalue weighted by Crippen LogP contribution is -2.20. The molecule has 0 aromatic carbocycles. The molecular weight excluding hydrogens is 256 g/mol. The molecule has 0 unspecified atom stereocenters. The Balaban J connectivity index is 2.10. The van der Waals surface area contributed by atoms with E-state index in [9.17, 15) is 4.79 Å². The van der Waals surface area contributed by atoms with Gasteiger partial charge in [0.25, 0.3) is 0 Å².